The van der Waals surface area contributed by atoms with Gasteiger partial charge in [-0.25, -0.2) is 0 Å². The highest BCUT2D eigenvalue weighted by Gasteiger charge is 2.32. The molecule has 0 bridgehead atoms. The number of carbonyl (C=O) groups excluding carboxylic acids is 1. The van der Waals surface area contributed by atoms with Crippen molar-refractivity contribution >= 4 is 17.2 Å². The maximum absolute atomic E-state index is 12.6. The molecule has 2 aliphatic heterocycles. The molecule has 3 rings (SSSR count). The largest absolute Gasteiger partial charge is 0.390 e. The second-order valence-corrected chi connectivity index (χ2v) is 7.36. The molecule has 3 nitrogen and oxygen atoms in total. The van der Waals surface area contributed by atoms with Gasteiger partial charge >= 0.3 is 6.18 Å². The molecule has 1 amide bonds. The Bertz CT molecular complexity index is 550. The second-order valence-electron chi connectivity index (χ2n) is 6.36. The molecular weight excluding hydrogens is 325 g/mol. The number of hydrogen-bond donors (Lipinski definition) is 0. The van der Waals surface area contributed by atoms with Crippen molar-refractivity contribution in [1.29, 1.82) is 0 Å². The summed E-state index contributed by atoms with van der Waals surface area (Å²) in [5.74, 6) is 0.148. The van der Waals surface area contributed by atoms with Crippen molar-refractivity contribution in [2.45, 2.75) is 38.4 Å². The summed E-state index contributed by atoms with van der Waals surface area (Å²) in [5, 5.41) is 2.07. The number of likely N-dealkylation sites (tertiary alicyclic amines) is 1. The van der Waals surface area contributed by atoms with E-state index in [4.69, 9.17) is 0 Å². The van der Waals surface area contributed by atoms with Crippen LogP contribution >= 0.6 is 11.3 Å². The summed E-state index contributed by atoms with van der Waals surface area (Å²) in [6.07, 6.45) is -2.60. The van der Waals surface area contributed by atoms with Crippen LogP contribution in [0.25, 0.3) is 0 Å². The van der Waals surface area contributed by atoms with E-state index in [0.717, 1.165) is 13.0 Å². The number of fused-ring (bicyclic) bond motifs is 1. The third-order valence-corrected chi connectivity index (χ3v) is 5.79. The molecule has 0 N–H and O–H groups in total. The molecule has 0 radical (unpaired) electrons. The zero-order valence-corrected chi connectivity index (χ0v) is 13.8. The zero-order chi connectivity index (χ0) is 16.4. The Morgan fingerprint density at radius 1 is 1.26 bits per heavy atom. The third kappa shape index (κ3) is 4.26. The molecule has 23 heavy (non-hydrogen) atoms. The first-order valence-electron chi connectivity index (χ1n) is 8.05. The summed E-state index contributed by atoms with van der Waals surface area (Å²) in [6, 6.07) is 2.08. The predicted octanol–water partition coefficient (Wildman–Crippen LogP) is 3.30. The molecular formula is C16H21F3N2OS. The molecule has 2 aliphatic rings. The van der Waals surface area contributed by atoms with Gasteiger partial charge in [-0.3, -0.25) is 4.79 Å². The van der Waals surface area contributed by atoms with Gasteiger partial charge in [-0.15, -0.1) is 11.3 Å². The summed E-state index contributed by atoms with van der Waals surface area (Å²) in [7, 11) is 0. The van der Waals surface area contributed by atoms with Gasteiger partial charge in [0.15, 0.2) is 0 Å². The van der Waals surface area contributed by atoms with E-state index in [1.54, 1.807) is 11.3 Å². The molecule has 0 atom stereocenters. The summed E-state index contributed by atoms with van der Waals surface area (Å²) in [5.41, 5.74) is 1.25. The Morgan fingerprint density at radius 2 is 2.00 bits per heavy atom. The van der Waals surface area contributed by atoms with Crippen molar-refractivity contribution in [3.63, 3.8) is 0 Å². The molecule has 0 saturated carbocycles. The van der Waals surface area contributed by atoms with Gasteiger partial charge in [0.1, 0.15) is 0 Å². The van der Waals surface area contributed by atoms with E-state index in [9.17, 15) is 18.0 Å². The number of thiophene rings is 1. The van der Waals surface area contributed by atoms with Gasteiger partial charge in [0.05, 0.1) is 6.42 Å². The lowest BCUT2D eigenvalue weighted by Crippen LogP contribution is -2.44. The third-order valence-electron chi connectivity index (χ3n) is 4.77. The van der Waals surface area contributed by atoms with Crippen molar-refractivity contribution in [1.82, 2.24) is 9.80 Å². The van der Waals surface area contributed by atoms with Crippen molar-refractivity contribution in [2.75, 3.05) is 26.2 Å². The molecule has 1 fully saturated rings. The van der Waals surface area contributed by atoms with Crippen LogP contribution in [-0.4, -0.2) is 48.1 Å². The number of nitrogens with zero attached hydrogens (tertiary/aromatic N) is 2. The van der Waals surface area contributed by atoms with Gasteiger partial charge < -0.3 is 9.80 Å². The van der Waals surface area contributed by atoms with E-state index >= 15 is 0 Å². The van der Waals surface area contributed by atoms with E-state index in [0.29, 0.717) is 32.5 Å². The summed E-state index contributed by atoms with van der Waals surface area (Å²) in [6.45, 7) is 2.67. The van der Waals surface area contributed by atoms with Crippen LogP contribution in [0.15, 0.2) is 11.4 Å². The van der Waals surface area contributed by atoms with Crippen molar-refractivity contribution in [2.24, 2.45) is 5.92 Å². The lowest BCUT2D eigenvalue weighted by molar-refractivity contribution is -0.142. The fourth-order valence-corrected chi connectivity index (χ4v) is 4.27. The summed E-state index contributed by atoms with van der Waals surface area (Å²) >= 11 is 1.75. The average molecular weight is 346 g/mol. The Morgan fingerprint density at radius 3 is 2.70 bits per heavy atom. The van der Waals surface area contributed by atoms with Gasteiger partial charge in [0, 0.05) is 30.4 Å². The average Bonchev–Trinajstić information content (AvgIpc) is 2.99. The van der Waals surface area contributed by atoms with Gasteiger partial charge in [0.25, 0.3) is 0 Å². The van der Waals surface area contributed by atoms with Crippen LogP contribution < -0.4 is 0 Å². The number of amides is 1. The van der Waals surface area contributed by atoms with Gasteiger partial charge in [-0.05, 0) is 49.4 Å². The fraction of sp³-hybridized carbons (Fsp3) is 0.688. The molecule has 0 aromatic carbocycles. The van der Waals surface area contributed by atoms with E-state index < -0.39 is 12.6 Å². The Kier molecular flexibility index (Phi) is 4.96. The van der Waals surface area contributed by atoms with Crippen molar-refractivity contribution < 1.29 is 18.0 Å². The minimum Gasteiger partial charge on any atom is -0.338 e. The molecule has 7 heteroatoms. The first-order chi connectivity index (χ1) is 10.9. The monoisotopic (exact) mass is 346 g/mol. The zero-order valence-electron chi connectivity index (χ0n) is 12.9. The van der Waals surface area contributed by atoms with E-state index in [1.807, 2.05) is 9.80 Å². The number of halogens is 3. The lowest BCUT2D eigenvalue weighted by atomic mass is 9.94. The Labute approximate surface area is 138 Å². The first-order valence-corrected chi connectivity index (χ1v) is 8.93. The number of carbonyl (C=O) groups is 1. The molecule has 1 aromatic rings. The van der Waals surface area contributed by atoms with Gasteiger partial charge in [0.2, 0.25) is 5.91 Å². The van der Waals surface area contributed by atoms with E-state index in [-0.39, 0.29) is 18.4 Å². The molecule has 0 spiro atoms. The predicted molar refractivity (Wildman–Crippen MR) is 83.3 cm³/mol. The van der Waals surface area contributed by atoms with Crippen molar-refractivity contribution in [3.05, 3.63) is 21.9 Å². The highest BCUT2D eigenvalue weighted by Crippen LogP contribution is 2.28. The minimum absolute atomic E-state index is 0.0303. The number of alkyl halides is 3. The summed E-state index contributed by atoms with van der Waals surface area (Å²) < 4.78 is 36.8. The van der Waals surface area contributed by atoms with E-state index in [2.05, 4.69) is 11.4 Å². The minimum atomic E-state index is -4.10. The maximum Gasteiger partial charge on any atom is 0.390 e. The van der Waals surface area contributed by atoms with Gasteiger partial charge in [-0.1, -0.05) is 0 Å². The normalized spacial score (nSPS) is 20.6. The molecule has 3 heterocycles. The number of piperidine rings is 1. The van der Waals surface area contributed by atoms with Crippen LogP contribution in [0.4, 0.5) is 13.2 Å². The topological polar surface area (TPSA) is 23.6 Å². The summed E-state index contributed by atoms with van der Waals surface area (Å²) in [4.78, 5) is 17.8. The Hall–Kier alpha value is -1.08. The quantitative estimate of drug-likeness (QED) is 0.838. The number of rotatable bonds is 3. The van der Waals surface area contributed by atoms with Crippen LogP contribution in [0.3, 0.4) is 0 Å². The Balaban J connectivity index is 1.47. The molecule has 1 aromatic heterocycles. The molecule has 0 unspecified atom stereocenters. The smallest absolute Gasteiger partial charge is 0.338 e. The van der Waals surface area contributed by atoms with Crippen LogP contribution in [0, 0.1) is 5.92 Å². The van der Waals surface area contributed by atoms with Crippen LogP contribution in [-0.2, 0) is 17.8 Å². The maximum atomic E-state index is 12.6. The second kappa shape index (κ2) is 6.81. The van der Waals surface area contributed by atoms with E-state index in [1.165, 1.54) is 10.4 Å². The standard InChI is InChI=1S/C16H21F3N2OS/c17-16(18,19)5-9-20-6-1-12(2-7-20)15(22)21-8-3-14-13(11-21)4-10-23-14/h4,10,12H,1-3,5-9,11H2. The fourth-order valence-electron chi connectivity index (χ4n) is 3.38. The van der Waals surface area contributed by atoms with Crippen LogP contribution in [0.5, 0.6) is 0 Å². The first kappa shape index (κ1) is 16.8. The SMILES string of the molecule is O=C(C1CCN(CCC(F)(F)F)CC1)N1CCc2sccc2C1. The number of hydrogen-bond acceptors (Lipinski definition) is 3. The molecule has 1 saturated heterocycles. The molecule has 128 valence electrons. The highest BCUT2D eigenvalue weighted by molar-refractivity contribution is 7.10. The van der Waals surface area contributed by atoms with Crippen molar-refractivity contribution in [3.8, 4) is 0 Å². The van der Waals surface area contributed by atoms with Crippen LogP contribution in [0.2, 0.25) is 0 Å². The lowest BCUT2D eigenvalue weighted by Gasteiger charge is -2.35. The molecule has 0 aliphatic carbocycles. The van der Waals surface area contributed by atoms with Crippen LogP contribution in [0.1, 0.15) is 29.7 Å². The highest BCUT2D eigenvalue weighted by atomic mass is 32.1. The van der Waals surface area contributed by atoms with Gasteiger partial charge in [-0.2, -0.15) is 13.2 Å².